The second-order valence-electron chi connectivity index (χ2n) is 8.73. The molecule has 0 atom stereocenters. The summed E-state index contributed by atoms with van der Waals surface area (Å²) in [6.07, 6.45) is 0. The maximum Gasteiger partial charge on any atom is 0.289 e. The van der Waals surface area contributed by atoms with Crippen molar-refractivity contribution < 1.29 is 23.6 Å². The van der Waals surface area contributed by atoms with Gasteiger partial charge in [0.2, 0.25) is 11.2 Å². The third kappa shape index (κ3) is 5.79. The Morgan fingerprint density at radius 1 is 0.950 bits per heavy atom. The summed E-state index contributed by atoms with van der Waals surface area (Å²) in [6, 6.07) is 25.8. The highest BCUT2D eigenvalue weighted by Gasteiger charge is 2.16. The lowest BCUT2D eigenvalue weighted by molar-refractivity contribution is -0.384. The number of ether oxygens (including phenoxy) is 2. The normalized spacial score (nSPS) is 10.8. The van der Waals surface area contributed by atoms with Crippen LogP contribution in [0, 0.1) is 17.0 Å². The van der Waals surface area contributed by atoms with Gasteiger partial charge >= 0.3 is 0 Å². The molecule has 200 valence electrons. The van der Waals surface area contributed by atoms with Gasteiger partial charge in [-0.3, -0.25) is 19.7 Å². The van der Waals surface area contributed by atoms with Crippen LogP contribution in [0.3, 0.4) is 0 Å². The van der Waals surface area contributed by atoms with Crippen LogP contribution < -0.4 is 20.2 Å². The third-order valence-electron chi connectivity index (χ3n) is 5.96. The van der Waals surface area contributed by atoms with E-state index in [4.69, 9.17) is 25.5 Å². The van der Waals surface area contributed by atoms with Gasteiger partial charge in [0, 0.05) is 17.8 Å². The molecule has 0 saturated carbocycles. The molecule has 1 aromatic heterocycles. The van der Waals surface area contributed by atoms with Crippen LogP contribution in [-0.2, 0) is 4.79 Å². The molecule has 5 rings (SSSR count). The Balaban J connectivity index is 1.28. The van der Waals surface area contributed by atoms with Crippen LogP contribution in [-0.4, -0.2) is 17.4 Å². The van der Waals surface area contributed by atoms with Gasteiger partial charge in [0.05, 0.1) is 10.3 Å². The summed E-state index contributed by atoms with van der Waals surface area (Å²) in [5.74, 6) is 0.592. The molecule has 0 bridgehead atoms. The lowest BCUT2D eigenvalue weighted by atomic mass is 10.1. The van der Waals surface area contributed by atoms with E-state index in [-0.39, 0.29) is 56.7 Å². The molecule has 10 heteroatoms. The standard InChI is InChI=1S/C30H21ClN2O7/c1-18-30(40-22-10-7-20(8-11-22)19-5-3-2-4-6-19)29(35)24-13-12-23(16-27(24)39-18)38-17-28(34)32-21-9-14-25(31)26(15-21)33(36)37/h2-16H,17H2,1H3,(H,32,34). The number of benzene rings is 4. The van der Waals surface area contributed by atoms with Crippen LogP contribution in [0.5, 0.6) is 17.2 Å². The lowest BCUT2D eigenvalue weighted by Gasteiger charge is -2.11. The van der Waals surface area contributed by atoms with E-state index in [0.717, 1.165) is 17.2 Å². The van der Waals surface area contributed by atoms with Crippen molar-refractivity contribution >= 4 is 39.9 Å². The molecule has 40 heavy (non-hydrogen) atoms. The highest BCUT2D eigenvalue weighted by molar-refractivity contribution is 6.32. The molecule has 1 N–H and O–H groups in total. The molecule has 4 aromatic carbocycles. The highest BCUT2D eigenvalue weighted by Crippen LogP contribution is 2.30. The van der Waals surface area contributed by atoms with E-state index in [1.807, 2.05) is 42.5 Å². The number of nitro groups is 1. The number of aryl methyl sites for hydroxylation is 1. The average molecular weight is 557 g/mol. The van der Waals surface area contributed by atoms with E-state index in [2.05, 4.69) is 5.32 Å². The Hall–Kier alpha value is -5.15. The van der Waals surface area contributed by atoms with E-state index in [9.17, 15) is 19.7 Å². The number of fused-ring (bicyclic) bond motifs is 1. The second-order valence-corrected chi connectivity index (χ2v) is 9.13. The molecule has 0 aliphatic carbocycles. The maximum atomic E-state index is 13.2. The first-order chi connectivity index (χ1) is 19.3. The third-order valence-corrected chi connectivity index (χ3v) is 6.28. The summed E-state index contributed by atoms with van der Waals surface area (Å²) in [7, 11) is 0. The minimum Gasteiger partial charge on any atom is -0.484 e. The maximum absolute atomic E-state index is 13.2. The predicted molar refractivity (Wildman–Crippen MR) is 151 cm³/mol. The molecule has 0 saturated heterocycles. The minimum atomic E-state index is -0.641. The number of hydrogen-bond acceptors (Lipinski definition) is 7. The Kier molecular flexibility index (Phi) is 7.48. The molecule has 1 amide bonds. The Morgan fingerprint density at radius 2 is 1.65 bits per heavy atom. The summed E-state index contributed by atoms with van der Waals surface area (Å²) in [5.41, 5.74) is 1.88. The number of hydrogen-bond donors (Lipinski definition) is 1. The number of nitrogens with zero attached hydrogens (tertiary/aromatic N) is 1. The highest BCUT2D eigenvalue weighted by atomic mass is 35.5. The fourth-order valence-electron chi connectivity index (χ4n) is 4.02. The summed E-state index contributed by atoms with van der Waals surface area (Å²) in [6.45, 7) is 1.24. The van der Waals surface area contributed by atoms with Crippen molar-refractivity contribution in [1.82, 2.24) is 0 Å². The zero-order valence-electron chi connectivity index (χ0n) is 21.1. The van der Waals surface area contributed by atoms with Gasteiger partial charge in [0.15, 0.2) is 6.61 Å². The largest absolute Gasteiger partial charge is 0.484 e. The zero-order valence-corrected chi connectivity index (χ0v) is 21.8. The number of halogens is 1. The van der Waals surface area contributed by atoms with Crippen molar-refractivity contribution in [3.63, 3.8) is 0 Å². The molecule has 0 fully saturated rings. The van der Waals surface area contributed by atoms with Crippen LogP contribution in [0.4, 0.5) is 11.4 Å². The van der Waals surface area contributed by atoms with Gasteiger partial charge < -0.3 is 19.2 Å². The number of anilines is 1. The summed E-state index contributed by atoms with van der Waals surface area (Å²) in [5, 5.41) is 13.8. The topological polar surface area (TPSA) is 121 Å². The molecule has 9 nitrogen and oxygen atoms in total. The summed E-state index contributed by atoms with van der Waals surface area (Å²) < 4.78 is 17.3. The van der Waals surface area contributed by atoms with Crippen molar-refractivity contribution in [2.75, 3.05) is 11.9 Å². The van der Waals surface area contributed by atoms with Crippen molar-refractivity contribution in [3.8, 4) is 28.4 Å². The van der Waals surface area contributed by atoms with E-state index >= 15 is 0 Å². The zero-order chi connectivity index (χ0) is 28.2. The van der Waals surface area contributed by atoms with Gasteiger partial charge in [-0.1, -0.05) is 54.1 Å². The smallest absolute Gasteiger partial charge is 0.289 e. The minimum absolute atomic E-state index is 0.0401. The number of carbonyl (C=O) groups is 1. The number of carbonyl (C=O) groups excluding carboxylic acids is 1. The van der Waals surface area contributed by atoms with E-state index in [0.29, 0.717) is 5.75 Å². The van der Waals surface area contributed by atoms with Gasteiger partial charge in [0.25, 0.3) is 11.6 Å². The molecule has 0 unspecified atom stereocenters. The van der Waals surface area contributed by atoms with Crippen LogP contribution in [0.25, 0.3) is 22.1 Å². The van der Waals surface area contributed by atoms with Crippen molar-refractivity contribution in [2.24, 2.45) is 0 Å². The predicted octanol–water partition coefficient (Wildman–Crippen LogP) is 7.14. The van der Waals surface area contributed by atoms with Crippen molar-refractivity contribution in [1.29, 1.82) is 0 Å². The van der Waals surface area contributed by atoms with E-state index in [1.54, 1.807) is 19.1 Å². The summed E-state index contributed by atoms with van der Waals surface area (Å²) in [4.78, 5) is 35.9. The fourth-order valence-corrected chi connectivity index (χ4v) is 4.20. The molecule has 5 aromatic rings. The van der Waals surface area contributed by atoms with Gasteiger partial charge in [-0.15, -0.1) is 0 Å². The second kappa shape index (κ2) is 11.3. The van der Waals surface area contributed by atoms with Gasteiger partial charge in [-0.05, 0) is 54.4 Å². The summed E-state index contributed by atoms with van der Waals surface area (Å²) >= 11 is 5.80. The lowest BCUT2D eigenvalue weighted by Crippen LogP contribution is -2.20. The van der Waals surface area contributed by atoms with Crippen LogP contribution >= 0.6 is 11.6 Å². The molecule has 0 spiro atoms. The Morgan fingerprint density at radius 3 is 2.38 bits per heavy atom. The molecule has 0 aliphatic rings. The van der Waals surface area contributed by atoms with Gasteiger partial charge in [-0.25, -0.2) is 0 Å². The average Bonchev–Trinajstić information content (AvgIpc) is 2.95. The van der Waals surface area contributed by atoms with Crippen LogP contribution in [0.2, 0.25) is 5.02 Å². The first kappa shape index (κ1) is 26.5. The monoisotopic (exact) mass is 556 g/mol. The SMILES string of the molecule is Cc1oc2cc(OCC(=O)Nc3ccc(Cl)c([N+](=O)[O-])c3)ccc2c(=O)c1Oc1ccc(-c2ccccc2)cc1. The molecular weight excluding hydrogens is 536 g/mol. The first-order valence-corrected chi connectivity index (χ1v) is 12.4. The molecule has 0 aliphatic heterocycles. The molecule has 1 heterocycles. The van der Waals surface area contributed by atoms with Gasteiger partial charge in [0.1, 0.15) is 27.9 Å². The number of nitrogens with one attached hydrogen (secondary N) is 1. The van der Waals surface area contributed by atoms with Crippen molar-refractivity contribution in [3.05, 3.63) is 122 Å². The van der Waals surface area contributed by atoms with E-state index < -0.39 is 10.8 Å². The quantitative estimate of drug-likeness (QED) is 0.159. The number of amides is 1. The fraction of sp³-hybridized carbons (Fsp3) is 0.0667. The van der Waals surface area contributed by atoms with Gasteiger partial charge in [-0.2, -0.15) is 0 Å². The van der Waals surface area contributed by atoms with Crippen LogP contribution in [0.15, 0.2) is 100 Å². The number of rotatable bonds is 8. The van der Waals surface area contributed by atoms with Crippen LogP contribution in [0.1, 0.15) is 5.76 Å². The van der Waals surface area contributed by atoms with Crippen molar-refractivity contribution in [2.45, 2.75) is 6.92 Å². The molecule has 0 radical (unpaired) electrons. The number of nitro benzene ring substituents is 1. The first-order valence-electron chi connectivity index (χ1n) is 12.1. The molecular formula is C30H21ClN2O7. The Bertz CT molecular complexity index is 1780. The Labute approximate surface area is 232 Å². The van der Waals surface area contributed by atoms with E-state index in [1.165, 1.54) is 30.3 Å².